The van der Waals surface area contributed by atoms with Gasteiger partial charge in [-0.15, -0.1) is 0 Å². The Morgan fingerprint density at radius 2 is 2.04 bits per heavy atom. The molecule has 1 aromatic rings. The van der Waals surface area contributed by atoms with Crippen molar-refractivity contribution in [2.45, 2.75) is 24.7 Å². The van der Waals surface area contributed by atoms with Crippen LogP contribution in [0, 0.1) is 0 Å². The number of cyclic esters (lactones) is 1. The maximum absolute atomic E-state index is 13.7. The summed E-state index contributed by atoms with van der Waals surface area (Å²) in [4.78, 5) is 24.8. The second-order valence-electron chi connectivity index (χ2n) is 6.45. The van der Waals surface area contributed by atoms with Crippen LogP contribution in [0.1, 0.15) is 35.8 Å². The number of hydrogen-bond donors (Lipinski definition) is 1. The highest BCUT2D eigenvalue weighted by molar-refractivity contribution is 6.01. The zero-order valence-electron chi connectivity index (χ0n) is 13.8. The Morgan fingerprint density at radius 1 is 1.32 bits per heavy atom. The monoisotopic (exact) mass is 343 g/mol. The van der Waals surface area contributed by atoms with E-state index in [-0.39, 0.29) is 17.9 Å². The number of benzene rings is 1. The summed E-state index contributed by atoms with van der Waals surface area (Å²) in [5.74, 6) is -1.36. The quantitative estimate of drug-likeness (QED) is 0.851. The van der Waals surface area contributed by atoms with Gasteiger partial charge in [0.2, 0.25) is 0 Å². The first-order valence-electron chi connectivity index (χ1n) is 8.29. The van der Waals surface area contributed by atoms with E-state index in [1.165, 1.54) is 7.11 Å². The lowest BCUT2D eigenvalue weighted by atomic mass is 9.78. The fourth-order valence-electron chi connectivity index (χ4n) is 3.69. The van der Waals surface area contributed by atoms with Crippen LogP contribution in [0.25, 0.3) is 0 Å². The fraction of sp³-hybridized carbons (Fsp3) is 0.368. The van der Waals surface area contributed by atoms with Crippen LogP contribution in [-0.4, -0.2) is 32.3 Å². The highest BCUT2D eigenvalue weighted by Gasteiger charge is 2.44. The van der Waals surface area contributed by atoms with Gasteiger partial charge in [-0.1, -0.05) is 24.3 Å². The lowest BCUT2D eigenvalue weighted by molar-refractivity contribution is -0.136. The number of carbonyl (C=O) groups excluding carboxylic acids is 2. The van der Waals surface area contributed by atoms with Gasteiger partial charge in [-0.25, -0.2) is 14.0 Å². The Morgan fingerprint density at radius 3 is 2.68 bits per heavy atom. The summed E-state index contributed by atoms with van der Waals surface area (Å²) < 4.78 is 23.7. The van der Waals surface area contributed by atoms with Gasteiger partial charge in [-0.3, -0.25) is 0 Å². The molecule has 1 fully saturated rings. The molecule has 0 radical (unpaired) electrons. The SMILES string of the molecule is COC(=O)C1=C(CF)NC2=C(C(=O)OC2)C1c1ccccc1C1CC1. The van der Waals surface area contributed by atoms with Crippen molar-refractivity contribution in [1.29, 1.82) is 0 Å². The Hall–Kier alpha value is -2.63. The van der Waals surface area contributed by atoms with Gasteiger partial charge in [0.1, 0.15) is 13.3 Å². The molecule has 3 aliphatic rings. The number of dihydropyridines is 1. The lowest BCUT2D eigenvalue weighted by Crippen LogP contribution is -2.32. The first kappa shape index (κ1) is 15.9. The Bertz CT molecular complexity index is 822. The predicted molar refractivity (Wildman–Crippen MR) is 87.3 cm³/mol. The highest BCUT2D eigenvalue weighted by Crippen LogP contribution is 2.48. The molecule has 1 atom stereocenters. The molecule has 1 saturated carbocycles. The van der Waals surface area contributed by atoms with Gasteiger partial charge in [0.15, 0.2) is 0 Å². The van der Waals surface area contributed by atoms with Crippen molar-refractivity contribution in [2.75, 3.05) is 20.4 Å². The smallest absolute Gasteiger partial charge is 0.337 e. The normalized spacial score (nSPS) is 22.5. The summed E-state index contributed by atoms with van der Waals surface area (Å²) in [6, 6.07) is 7.73. The molecular formula is C19H18FNO4. The molecule has 1 aromatic carbocycles. The van der Waals surface area contributed by atoms with E-state index in [4.69, 9.17) is 9.47 Å². The molecular weight excluding hydrogens is 325 g/mol. The summed E-state index contributed by atoms with van der Waals surface area (Å²) in [6.07, 6.45) is 2.15. The van der Waals surface area contributed by atoms with Gasteiger partial charge in [-0.05, 0) is 29.9 Å². The number of allylic oxidation sites excluding steroid dienone is 1. The number of ether oxygens (including phenoxy) is 2. The minimum absolute atomic E-state index is 0.0637. The highest BCUT2D eigenvalue weighted by atomic mass is 19.1. The summed E-state index contributed by atoms with van der Waals surface area (Å²) in [7, 11) is 1.26. The number of nitrogens with one attached hydrogen (secondary N) is 1. The Balaban J connectivity index is 1.93. The molecule has 25 heavy (non-hydrogen) atoms. The third-order valence-electron chi connectivity index (χ3n) is 4.96. The molecule has 6 heteroatoms. The number of alkyl halides is 1. The third-order valence-corrected chi connectivity index (χ3v) is 4.96. The van der Waals surface area contributed by atoms with Crippen LogP contribution in [0.2, 0.25) is 0 Å². The number of hydrogen-bond acceptors (Lipinski definition) is 5. The second kappa shape index (κ2) is 6.02. The van der Waals surface area contributed by atoms with Crippen LogP contribution in [0.3, 0.4) is 0 Å². The van der Waals surface area contributed by atoms with Gasteiger partial charge in [0.25, 0.3) is 0 Å². The first-order chi connectivity index (χ1) is 12.2. The average molecular weight is 343 g/mol. The molecule has 130 valence electrons. The molecule has 0 spiro atoms. The number of halogens is 1. The minimum atomic E-state index is -0.850. The van der Waals surface area contributed by atoms with Crippen LogP contribution in [0.4, 0.5) is 4.39 Å². The van der Waals surface area contributed by atoms with E-state index >= 15 is 0 Å². The Labute approximate surface area is 144 Å². The fourth-order valence-corrected chi connectivity index (χ4v) is 3.69. The van der Waals surface area contributed by atoms with Crippen molar-refractivity contribution in [3.05, 3.63) is 57.9 Å². The van der Waals surface area contributed by atoms with Crippen molar-refractivity contribution >= 4 is 11.9 Å². The maximum atomic E-state index is 13.7. The molecule has 5 nitrogen and oxygen atoms in total. The van der Waals surface area contributed by atoms with Crippen molar-refractivity contribution < 1.29 is 23.5 Å². The first-order valence-corrected chi connectivity index (χ1v) is 8.29. The maximum Gasteiger partial charge on any atom is 0.337 e. The van der Waals surface area contributed by atoms with Gasteiger partial charge in [0.05, 0.1) is 35.6 Å². The van der Waals surface area contributed by atoms with Crippen molar-refractivity contribution in [1.82, 2.24) is 5.32 Å². The standard InChI is InChI=1S/C19H18FNO4/c1-24-18(22)16-13(8-20)21-14-9-25-19(23)17(14)15(16)12-5-3-2-4-11(12)10-6-7-10/h2-5,10,15,21H,6-9H2,1H3. The van der Waals surface area contributed by atoms with E-state index in [0.29, 0.717) is 17.2 Å². The van der Waals surface area contributed by atoms with Gasteiger partial charge in [0, 0.05) is 0 Å². The van der Waals surface area contributed by atoms with Crippen molar-refractivity contribution in [2.24, 2.45) is 0 Å². The van der Waals surface area contributed by atoms with Gasteiger partial charge < -0.3 is 14.8 Å². The third kappa shape index (κ3) is 2.52. The van der Waals surface area contributed by atoms with Crippen molar-refractivity contribution in [3.8, 4) is 0 Å². The molecule has 1 aliphatic carbocycles. The lowest BCUT2D eigenvalue weighted by Gasteiger charge is -2.29. The van der Waals surface area contributed by atoms with E-state index in [1.807, 2.05) is 24.3 Å². The van der Waals surface area contributed by atoms with E-state index in [9.17, 15) is 14.0 Å². The summed E-state index contributed by atoms with van der Waals surface area (Å²) in [6.45, 7) is -0.786. The largest absolute Gasteiger partial charge is 0.466 e. The minimum Gasteiger partial charge on any atom is -0.466 e. The van der Waals surface area contributed by atoms with E-state index in [2.05, 4.69) is 5.32 Å². The van der Waals surface area contributed by atoms with Crippen molar-refractivity contribution in [3.63, 3.8) is 0 Å². The van der Waals surface area contributed by atoms with E-state index < -0.39 is 24.5 Å². The zero-order valence-corrected chi connectivity index (χ0v) is 13.8. The van der Waals surface area contributed by atoms with Crippen LogP contribution >= 0.6 is 0 Å². The number of carbonyl (C=O) groups is 2. The second-order valence-corrected chi connectivity index (χ2v) is 6.45. The van der Waals surface area contributed by atoms with Crippen LogP contribution in [0.5, 0.6) is 0 Å². The topological polar surface area (TPSA) is 64.6 Å². The molecule has 2 aliphatic heterocycles. The summed E-state index contributed by atoms with van der Waals surface area (Å²) >= 11 is 0. The van der Waals surface area contributed by atoms with Gasteiger partial charge in [-0.2, -0.15) is 0 Å². The predicted octanol–water partition coefficient (Wildman–Crippen LogP) is 2.46. The van der Waals surface area contributed by atoms with Gasteiger partial charge >= 0.3 is 11.9 Å². The number of rotatable bonds is 4. The molecule has 4 rings (SSSR count). The molecule has 0 aromatic heterocycles. The molecule has 1 N–H and O–H groups in total. The molecule has 0 saturated heterocycles. The van der Waals surface area contributed by atoms with E-state index in [0.717, 1.165) is 24.0 Å². The molecule has 0 bridgehead atoms. The molecule has 1 unspecified atom stereocenters. The Kier molecular flexibility index (Phi) is 3.82. The summed E-state index contributed by atoms with van der Waals surface area (Å²) in [5.41, 5.74) is 3.14. The average Bonchev–Trinajstić information content (AvgIpc) is 3.43. The van der Waals surface area contributed by atoms with Crippen LogP contribution in [0.15, 0.2) is 46.8 Å². The van der Waals surface area contributed by atoms with E-state index in [1.54, 1.807) is 0 Å². The molecule has 2 heterocycles. The number of esters is 2. The zero-order chi connectivity index (χ0) is 17.6. The molecule has 0 amide bonds. The van der Waals surface area contributed by atoms with Crippen LogP contribution in [-0.2, 0) is 19.1 Å². The number of methoxy groups -OCH3 is 1. The summed E-state index contributed by atoms with van der Waals surface area (Å²) in [5, 5.41) is 2.86. The van der Waals surface area contributed by atoms with Crippen LogP contribution < -0.4 is 5.32 Å².